The van der Waals surface area contributed by atoms with Crippen LogP contribution >= 0.6 is 27.5 Å². The standard InChI is InChI=1S/C19H20BrClN2O3/c1-4-17(24)22-13-7-10-15(21)16(11-13)23-18(25)19(2,3)26-14-8-5-12(20)6-9-14/h5-11H,4H2,1-3H3,(H,22,24)(H,23,25). The summed E-state index contributed by atoms with van der Waals surface area (Å²) in [5.74, 6) is 0.0909. The van der Waals surface area contributed by atoms with Gasteiger partial charge in [-0.1, -0.05) is 34.5 Å². The lowest BCUT2D eigenvalue weighted by atomic mass is 10.1. The molecule has 0 aliphatic rings. The summed E-state index contributed by atoms with van der Waals surface area (Å²) in [5, 5.41) is 5.86. The van der Waals surface area contributed by atoms with Gasteiger partial charge in [0.2, 0.25) is 5.91 Å². The number of benzene rings is 2. The molecule has 2 N–H and O–H groups in total. The minimum Gasteiger partial charge on any atom is -0.478 e. The Hall–Kier alpha value is -2.05. The van der Waals surface area contributed by atoms with Crippen molar-refractivity contribution in [3.05, 3.63) is 52.0 Å². The van der Waals surface area contributed by atoms with Gasteiger partial charge in [-0.05, 0) is 56.3 Å². The van der Waals surface area contributed by atoms with Gasteiger partial charge in [-0.25, -0.2) is 0 Å². The summed E-state index contributed by atoms with van der Waals surface area (Å²) >= 11 is 9.52. The van der Waals surface area contributed by atoms with Gasteiger partial charge in [0.15, 0.2) is 5.60 Å². The summed E-state index contributed by atoms with van der Waals surface area (Å²) in [6.07, 6.45) is 0.360. The van der Waals surface area contributed by atoms with E-state index in [1.54, 1.807) is 51.1 Å². The first-order valence-electron chi connectivity index (χ1n) is 8.06. The van der Waals surface area contributed by atoms with E-state index in [1.165, 1.54) is 0 Å². The van der Waals surface area contributed by atoms with E-state index < -0.39 is 5.60 Å². The van der Waals surface area contributed by atoms with E-state index in [0.717, 1.165) is 4.47 Å². The molecule has 0 spiro atoms. The number of anilines is 2. The van der Waals surface area contributed by atoms with Crippen LogP contribution in [0.2, 0.25) is 5.02 Å². The minimum atomic E-state index is -1.13. The quantitative estimate of drug-likeness (QED) is 0.646. The SMILES string of the molecule is CCC(=O)Nc1ccc(Cl)c(NC(=O)C(C)(C)Oc2ccc(Br)cc2)c1. The highest BCUT2D eigenvalue weighted by Gasteiger charge is 2.30. The predicted molar refractivity (Wildman–Crippen MR) is 108 cm³/mol. The second-order valence-electron chi connectivity index (χ2n) is 6.12. The Kier molecular flexibility index (Phi) is 6.67. The second kappa shape index (κ2) is 8.56. The lowest BCUT2D eigenvalue weighted by Gasteiger charge is -2.25. The van der Waals surface area contributed by atoms with Crippen LogP contribution in [-0.2, 0) is 9.59 Å². The molecule has 5 nitrogen and oxygen atoms in total. The van der Waals surface area contributed by atoms with Crippen molar-refractivity contribution >= 4 is 50.7 Å². The van der Waals surface area contributed by atoms with Crippen molar-refractivity contribution in [1.82, 2.24) is 0 Å². The van der Waals surface area contributed by atoms with Crippen LogP contribution in [0.4, 0.5) is 11.4 Å². The molecule has 0 heterocycles. The minimum absolute atomic E-state index is 0.122. The molecule has 2 rings (SSSR count). The fraction of sp³-hybridized carbons (Fsp3) is 0.263. The van der Waals surface area contributed by atoms with Gasteiger partial charge in [0.05, 0.1) is 10.7 Å². The number of nitrogens with one attached hydrogen (secondary N) is 2. The highest BCUT2D eigenvalue weighted by molar-refractivity contribution is 9.10. The van der Waals surface area contributed by atoms with Crippen LogP contribution in [0, 0.1) is 0 Å². The van der Waals surface area contributed by atoms with E-state index in [0.29, 0.717) is 28.6 Å². The monoisotopic (exact) mass is 438 g/mol. The van der Waals surface area contributed by atoms with Crippen LogP contribution in [-0.4, -0.2) is 17.4 Å². The van der Waals surface area contributed by atoms with Crippen molar-refractivity contribution in [3.63, 3.8) is 0 Å². The lowest BCUT2D eigenvalue weighted by molar-refractivity contribution is -0.128. The van der Waals surface area contributed by atoms with Gasteiger partial charge in [0.25, 0.3) is 5.91 Å². The Morgan fingerprint density at radius 1 is 1.12 bits per heavy atom. The fourth-order valence-electron chi connectivity index (χ4n) is 2.06. The van der Waals surface area contributed by atoms with Crippen LogP contribution in [0.1, 0.15) is 27.2 Å². The lowest BCUT2D eigenvalue weighted by Crippen LogP contribution is -2.42. The molecule has 0 saturated heterocycles. The molecule has 0 saturated carbocycles. The van der Waals surface area contributed by atoms with Crippen molar-refractivity contribution in [1.29, 1.82) is 0 Å². The number of hydrogen-bond acceptors (Lipinski definition) is 3. The number of amides is 2. The Morgan fingerprint density at radius 2 is 1.77 bits per heavy atom. The van der Waals surface area contributed by atoms with Crippen LogP contribution in [0.3, 0.4) is 0 Å². The van der Waals surface area contributed by atoms with E-state index in [-0.39, 0.29) is 11.8 Å². The number of halogens is 2. The van der Waals surface area contributed by atoms with E-state index in [2.05, 4.69) is 26.6 Å². The molecule has 0 atom stereocenters. The average molecular weight is 440 g/mol. The molecule has 7 heteroatoms. The van der Waals surface area contributed by atoms with Gasteiger partial charge in [-0.2, -0.15) is 0 Å². The molecule has 2 amide bonds. The third-order valence-electron chi connectivity index (χ3n) is 3.55. The molecule has 0 aliphatic heterocycles. The van der Waals surface area contributed by atoms with Gasteiger partial charge >= 0.3 is 0 Å². The number of hydrogen-bond donors (Lipinski definition) is 2. The zero-order valence-electron chi connectivity index (χ0n) is 14.7. The van der Waals surface area contributed by atoms with Crippen molar-refractivity contribution in [2.45, 2.75) is 32.8 Å². The molecule has 26 heavy (non-hydrogen) atoms. The number of ether oxygens (including phenoxy) is 1. The highest BCUT2D eigenvalue weighted by Crippen LogP contribution is 2.28. The molecule has 0 aliphatic carbocycles. The first kappa shape index (κ1) is 20.3. The maximum absolute atomic E-state index is 12.7. The van der Waals surface area contributed by atoms with Gasteiger partial charge in [0, 0.05) is 16.6 Å². The van der Waals surface area contributed by atoms with Crippen molar-refractivity contribution < 1.29 is 14.3 Å². The molecule has 138 valence electrons. The molecule has 0 bridgehead atoms. The molecular weight excluding hydrogens is 420 g/mol. The average Bonchev–Trinajstić information content (AvgIpc) is 2.59. The van der Waals surface area contributed by atoms with Crippen LogP contribution in [0.15, 0.2) is 46.9 Å². The zero-order chi connectivity index (χ0) is 19.3. The molecule has 0 radical (unpaired) electrons. The summed E-state index contributed by atoms with van der Waals surface area (Å²) in [6.45, 7) is 5.10. The zero-order valence-corrected chi connectivity index (χ0v) is 17.1. The van der Waals surface area contributed by atoms with Crippen LogP contribution in [0.5, 0.6) is 5.75 Å². The molecule has 0 aromatic heterocycles. The van der Waals surface area contributed by atoms with Gasteiger partial charge in [-0.3, -0.25) is 9.59 Å². The summed E-state index contributed by atoms with van der Waals surface area (Å²) in [5.41, 5.74) is -0.166. The third kappa shape index (κ3) is 5.47. The number of carbonyl (C=O) groups excluding carboxylic acids is 2. The van der Waals surface area contributed by atoms with E-state index in [1.807, 2.05) is 12.1 Å². The predicted octanol–water partition coefficient (Wildman–Crippen LogP) is 5.25. The number of carbonyl (C=O) groups is 2. The molecule has 2 aromatic carbocycles. The fourth-order valence-corrected chi connectivity index (χ4v) is 2.49. The molecular formula is C19H20BrClN2O3. The normalized spacial score (nSPS) is 11.0. The summed E-state index contributed by atoms with van der Waals surface area (Å²) in [6, 6.07) is 12.1. The molecule has 0 fully saturated rings. The van der Waals surface area contributed by atoms with Crippen molar-refractivity contribution in [2.24, 2.45) is 0 Å². The van der Waals surface area contributed by atoms with E-state index in [9.17, 15) is 9.59 Å². The summed E-state index contributed by atoms with van der Waals surface area (Å²) in [4.78, 5) is 24.2. The topological polar surface area (TPSA) is 67.4 Å². The largest absolute Gasteiger partial charge is 0.478 e. The number of rotatable bonds is 6. The van der Waals surface area contributed by atoms with Gasteiger partial charge in [-0.15, -0.1) is 0 Å². The maximum Gasteiger partial charge on any atom is 0.268 e. The van der Waals surface area contributed by atoms with E-state index in [4.69, 9.17) is 16.3 Å². The Bertz CT molecular complexity index is 807. The van der Waals surface area contributed by atoms with E-state index >= 15 is 0 Å². The highest BCUT2D eigenvalue weighted by atomic mass is 79.9. The van der Waals surface area contributed by atoms with Crippen molar-refractivity contribution in [2.75, 3.05) is 10.6 Å². The van der Waals surface area contributed by atoms with Crippen molar-refractivity contribution in [3.8, 4) is 5.75 Å². The first-order chi connectivity index (χ1) is 12.2. The Labute approximate surface area is 166 Å². The Morgan fingerprint density at radius 3 is 2.38 bits per heavy atom. The Balaban J connectivity index is 2.13. The first-order valence-corrected chi connectivity index (χ1v) is 9.24. The molecule has 2 aromatic rings. The maximum atomic E-state index is 12.7. The van der Waals surface area contributed by atoms with Gasteiger partial charge < -0.3 is 15.4 Å². The van der Waals surface area contributed by atoms with Gasteiger partial charge in [0.1, 0.15) is 5.75 Å². The summed E-state index contributed by atoms with van der Waals surface area (Å²) in [7, 11) is 0. The second-order valence-corrected chi connectivity index (χ2v) is 7.44. The molecule has 0 unspecified atom stereocenters. The van der Waals surface area contributed by atoms with Crippen LogP contribution in [0.25, 0.3) is 0 Å². The third-order valence-corrected chi connectivity index (χ3v) is 4.41. The van der Waals surface area contributed by atoms with Crippen LogP contribution < -0.4 is 15.4 Å². The smallest absolute Gasteiger partial charge is 0.268 e. The summed E-state index contributed by atoms with van der Waals surface area (Å²) < 4.78 is 6.72.